The number of rotatable bonds is 4. The zero-order valence-electron chi connectivity index (χ0n) is 10.5. The van der Waals surface area contributed by atoms with E-state index in [1.165, 1.54) is 5.56 Å². The van der Waals surface area contributed by atoms with Crippen LogP contribution in [0.5, 0.6) is 0 Å². The minimum absolute atomic E-state index is 0.0242. The van der Waals surface area contributed by atoms with Gasteiger partial charge in [-0.2, -0.15) is 0 Å². The molecule has 0 radical (unpaired) electrons. The van der Waals surface area contributed by atoms with Gasteiger partial charge in [-0.25, -0.2) is 0 Å². The van der Waals surface area contributed by atoms with Crippen molar-refractivity contribution in [3.05, 3.63) is 60.2 Å². The van der Waals surface area contributed by atoms with E-state index in [-0.39, 0.29) is 11.3 Å². The van der Waals surface area contributed by atoms with Crippen molar-refractivity contribution in [2.75, 3.05) is 0 Å². The fourth-order valence-electron chi connectivity index (χ4n) is 2.80. The number of hydrogen-bond acceptors (Lipinski definition) is 1. The predicted molar refractivity (Wildman–Crippen MR) is 86.4 cm³/mol. The summed E-state index contributed by atoms with van der Waals surface area (Å²) in [7, 11) is 0. The molecule has 18 heavy (non-hydrogen) atoms. The van der Waals surface area contributed by atoms with Gasteiger partial charge < -0.3 is 0 Å². The van der Waals surface area contributed by atoms with Crippen LogP contribution >= 0.6 is 24.8 Å². The van der Waals surface area contributed by atoms with Crippen molar-refractivity contribution >= 4 is 29.0 Å². The molecule has 2 atom stereocenters. The van der Waals surface area contributed by atoms with Crippen molar-refractivity contribution in [2.45, 2.75) is 25.2 Å². The zero-order chi connectivity index (χ0) is 13.0. The third kappa shape index (κ3) is 2.45. The van der Waals surface area contributed by atoms with Gasteiger partial charge in [-0.1, -0.05) is 80.2 Å². The van der Waals surface area contributed by atoms with Crippen LogP contribution < -0.4 is 0 Å². The molecule has 0 nitrogen and oxygen atoms in total. The van der Waals surface area contributed by atoms with Crippen LogP contribution in [0.2, 0.25) is 0 Å². The molecule has 0 amide bonds. The van der Waals surface area contributed by atoms with E-state index >= 15 is 0 Å². The third-order valence-corrected chi connectivity index (χ3v) is 4.14. The van der Waals surface area contributed by atoms with Crippen molar-refractivity contribution in [1.82, 2.24) is 0 Å². The number of thiol groups is 1. The van der Waals surface area contributed by atoms with E-state index in [4.69, 9.17) is 12.2 Å². The largest absolute Gasteiger partial charge is 0.136 e. The molecule has 1 aromatic rings. The quantitative estimate of drug-likeness (QED) is 0.612. The van der Waals surface area contributed by atoms with Gasteiger partial charge in [-0.05, 0) is 12.0 Å². The second kappa shape index (κ2) is 5.85. The first kappa shape index (κ1) is 13.6. The molecule has 0 N–H and O–H groups in total. The Morgan fingerprint density at radius 1 is 1.28 bits per heavy atom. The maximum absolute atomic E-state index is 5.36. The number of thiocarbonyl (C=S) groups is 1. The summed E-state index contributed by atoms with van der Waals surface area (Å²) in [5.74, 6) is 0.197. The fourth-order valence-corrected chi connectivity index (χ4v) is 3.41. The van der Waals surface area contributed by atoms with Crippen molar-refractivity contribution in [1.29, 1.82) is 0 Å². The lowest BCUT2D eigenvalue weighted by Crippen LogP contribution is -2.36. The first-order valence-corrected chi connectivity index (χ1v) is 7.20. The van der Waals surface area contributed by atoms with Gasteiger partial charge in [0.1, 0.15) is 0 Å². The predicted octanol–water partition coefficient (Wildman–Crippen LogP) is 4.72. The average Bonchev–Trinajstić information content (AvgIpc) is 2.40. The van der Waals surface area contributed by atoms with Gasteiger partial charge in [0.2, 0.25) is 0 Å². The first-order valence-electron chi connectivity index (χ1n) is 6.35. The molecule has 0 aromatic heterocycles. The van der Waals surface area contributed by atoms with E-state index in [1.54, 1.807) is 0 Å². The Kier molecular flexibility index (Phi) is 4.41. The van der Waals surface area contributed by atoms with Crippen molar-refractivity contribution in [2.24, 2.45) is 5.92 Å². The van der Waals surface area contributed by atoms with Gasteiger partial charge in [-0.15, -0.1) is 12.6 Å². The van der Waals surface area contributed by atoms with E-state index < -0.39 is 0 Å². The van der Waals surface area contributed by atoms with E-state index in [0.717, 1.165) is 17.0 Å². The molecule has 0 bridgehead atoms. The molecule has 0 aliphatic heterocycles. The van der Waals surface area contributed by atoms with Crippen LogP contribution in [0.15, 0.2) is 54.6 Å². The second-order valence-electron chi connectivity index (χ2n) is 4.72. The minimum atomic E-state index is -0.0242. The molecule has 94 valence electrons. The highest BCUT2D eigenvalue weighted by molar-refractivity contribution is 8.11. The Morgan fingerprint density at radius 2 is 2.00 bits per heavy atom. The normalized spacial score (nSPS) is 26.2. The topological polar surface area (TPSA) is 0 Å². The Morgan fingerprint density at radius 3 is 2.61 bits per heavy atom. The molecule has 0 saturated heterocycles. The molecule has 2 rings (SSSR count). The maximum Gasteiger partial charge on any atom is 0.0529 e. The number of allylic oxidation sites excluding steroid dienone is 4. The Bertz CT molecular complexity index is 473. The van der Waals surface area contributed by atoms with E-state index in [9.17, 15) is 0 Å². The highest BCUT2D eigenvalue weighted by atomic mass is 32.1. The average molecular weight is 274 g/mol. The smallest absolute Gasteiger partial charge is 0.0529 e. The molecule has 0 spiro atoms. The van der Waals surface area contributed by atoms with Gasteiger partial charge in [0, 0.05) is 11.3 Å². The van der Waals surface area contributed by atoms with Crippen LogP contribution in [0, 0.1) is 5.92 Å². The molecule has 2 heteroatoms. The van der Waals surface area contributed by atoms with Gasteiger partial charge in [0.15, 0.2) is 0 Å². The Labute approximate surface area is 120 Å². The summed E-state index contributed by atoms with van der Waals surface area (Å²) in [6, 6.07) is 10.6. The summed E-state index contributed by atoms with van der Waals surface area (Å²) >= 11 is 9.80. The summed E-state index contributed by atoms with van der Waals surface area (Å²) in [6.45, 7) is 2.22. The third-order valence-electron chi connectivity index (χ3n) is 3.60. The lowest BCUT2D eigenvalue weighted by molar-refractivity contribution is 0.436. The molecule has 2 unspecified atom stereocenters. The van der Waals surface area contributed by atoms with Crippen LogP contribution in [0.1, 0.15) is 25.3 Å². The number of hydrogen-bond donors (Lipinski definition) is 1. The molecular formula is C16H18S2. The monoisotopic (exact) mass is 274 g/mol. The van der Waals surface area contributed by atoms with Crippen LogP contribution in [-0.2, 0) is 5.41 Å². The standard InChI is InChI=1S/C16H18S2/c1-2-11-16(13-8-4-3-5-9-13)12-7-6-10-14(16)15(17)18/h3-10,12,14H,2,11H2,1H3,(H,17,18). The van der Waals surface area contributed by atoms with E-state index in [1.807, 2.05) is 0 Å². The molecule has 0 saturated carbocycles. The van der Waals surface area contributed by atoms with Crippen LogP contribution in [0.4, 0.5) is 0 Å². The molecule has 1 aromatic carbocycles. The van der Waals surface area contributed by atoms with Gasteiger partial charge in [0.25, 0.3) is 0 Å². The van der Waals surface area contributed by atoms with Crippen LogP contribution in [-0.4, -0.2) is 4.20 Å². The maximum atomic E-state index is 5.36. The lowest BCUT2D eigenvalue weighted by atomic mass is 9.66. The molecular weight excluding hydrogens is 256 g/mol. The van der Waals surface area contributed by atoms with Crippen molar-refractivity contribution < 1.29 is 0 Å². The number of benzene rings is 1. The van der Waals surface area contributed by atoms with Gasteiger partial charge in [0.05, 0.1) is 4.20 Å². The summed E-state index contributed by atoms with van der Waals surface area (Å²) < 4.78 is 0.771. The summed E-state index contributed by atoms with van der Waals surface area (Å²) in [4.78, 5) is 0. The Balaban J connectivity index is 2.52. The van der Waals surface area contributed by atoms with E-state index in [2.05, 4.69) is 74.2 Å². The molecule has 1 aliphatic rings. The molecule has 0 fully saturated rings. The summed E-state index contributed by atoms with van der Waals surface area (Å²) in [6.07, 6.45) is 10.9. The van der Waals surface area contributed by atoms with Gasteiger partial charge >= 0.3 is 0 Å². The highest BCUT2D eigenvalue weighted by Crippen LogP contribution is 2.42. The van der Waals surface area contributed by atoms with Crippen molar-refractivity contribution in [3.63, 3.8) is 0 Å². The second-order valence-corrected chi connectivity index (χ2v) is 5.94. The minimum Gasteiger partial charge on any atom is -0.136 e. The van der Waals surface area contributed by atoms with Crippen LogP contribution in [0.25, 0.3) is 0 Å². The molecule has 0 heterocycles. The first-order chi connectivity index (χ1) is 8.70. The summed E-state index contributed by atoms with van der Waals surface area (Å²) in [5.41, 5.74) is 1.30. The zero-order valence-corrected chi connectivity index (χ0v) is 12.3. The van der Waals surface area contributed by atoms with Crippen molar-refractivity contribution in [3.8, 4) is 0 Å². The van der Waals surface area contributed by atoms with Crippen LogP contribution in [0.3, 0.4) is 0 Å². The van der Waals surface area contributed by atoms with E-state index in [0.29, 0.717) is 0 Å². The molecule has 1 aliphatic carbocycles. The van der Waals surface area contributed by atoms with Gasteiger partial charge in [-0.3, -0.25) is 0 Å². The lowest BCUT2D eigenvalue weighted by Gasteiger charge is -2.39. The Hall–Kier alpha value is -0.860. The highest BCUT2D eigenvalue weighted by Gasteiger charge is 2.38. The fraction of sp³-hybridized carbons (Fsp3) is 0.312. The SMILES string of the molecule is CCCC1(c2ccccc2)C=CC=CC1C(=S)S. The summed E-state index contributed by atoms with van der Waals surface area (Å²) in [5, 5.41) is 0.